The van der Waals surface area contributed by atoms with Crippen LogP contribution in [0.4, 0.5) is 5.82 Å². The fourth-order valence-corrected chi connectivity index (χ4v) is 2.68. The minimum absolute atomic E-state index is 0.0919. The van der Waals surface area contributed by atoms with E-state index >= 15 is 0 Å². The molecule has 1 fully saturated rings. The van der Waals surface area contributed by atoms with Crippen LogP contribution < -0.4 is 5.32 Å². The van der Waals surface area contributed by atoms with Crippen molar-refractivity contribution in [2.24, 2.45) is 0 Å². The Balaban J connectivity index is 2.18. The van der Waals surface area contributed by atoms with Gasteiger partial charge in [-0.05, 0) is 28.8 Å². The van der Waals surface area contributed by atoms with E-state index in [2.05, 4.69) is 52.0 Å². The Labute approximate surface area is 123 Å². The van der Waals surface area contributed by atoms with Crippen molar-refractivity contribution in [3.8, 4) is 0 Å². The summed E-state index contributed by atoms with van der Waals surface area (Å²) in [6.07, 6.45) is 3.86. The topological polar surface area (TPSA) is 58.0 Å². The predicted octanol–water partition coefficient (Wildman–Crippen LogP) is 3.25. The number of aliphatic hydroxyl groups is 1. The highest BCUT2D eigenvalue weighted by atomic mass is 79.9. The van der Waals surface area contributed by atoms with Gasteiger partial charge in [0.1, 0.15) is 16.2 Å². The van der Waals surface area contributed by atoms with Crippen LogP contribution in [0.25, 0.3) is 0 Å². The van der Waals surface area contributed by atoms with Crippen LogP contribution in [0.3, 0.4) is 0 Å². The summed E-state index contributed by atoms with van der Waals surface area (Å²) < 4.78 is 0.778. The zero-order valence-electron chi connectivity index (χ0n) is 11.8. The first-order valence-electron chi connectivity index (χ1n) is 6.86. The number of hydrogen-bond donors (Lipinski definition) is 2. The Bertz CT molecular complexity index is 445. The fourth-order valence-electron chi connectivity index (χ4n) is 2.30. The first-order chi connectivity index (χ1) is 8.86. The van der Waals surface area contributed by atoms with E-state index in [1.807, 2.05) is 6.07 Å². The number of rotatable bonds is 2. The Hall–Kier alpha value is -0.680. The Morgan fingerprint density at radius 1 is 1.26 bits per heavy atom. The van der Waals surface area contributed by atoms with Gasteiger partial charge in [-0.1, -0.05) is 33.6 Å². The van der Waals surface area contributed by atoms with Crippen LogP contribution in [0.1, 0.15) is 52.3 Å². The quantitative estimate of drug-likeness (QED) is 0.818. The summed E-state index contributed by atoms with van der Waals surface area (Å²) in [6.45, 7) is 6.27. The first-order valence-corrected chi connectivity index (χ1v) is 7.65. The lowest BCUT2D eigenvalue weighted by molar-refractivity contribution is 0.116. The van der Waals surface area contributed by atoms with E-state index < -0.39 is 0 Å². The van der Waals surface area contributed by atoms with Gasteiger partial charge in [-0.15, -0.1) is 0 Å². The van der Waals surface area contributed by atoms with Crippen molar-refractivity contribution in [3.05, 3.63) is 16.5 Å². The Morgan fingerprint density at radius 3 is 2.58 bits per heavy atom. The molecule has 0 aromatic carbocycles. The molecule has 1 aliphatic carbocycles. The molecule has 2 atom stereocenters. The molecule has 5 heteroatoms. The molecule has 106 valence electrons. The van der Waals surface area contributed by atoms with E-state index in [1.165, 1.54) is 0 Å². The monoisotopic (exact) mass is 327 g/mol. The molecule has 1 heterocycles. The summed E-state index contributed by atoms with van der Waals surface area (Å²) in [6, 6.07) is 1.97. The lowest BCUT2D eigenvalue weighted by Crippen LogP contribution is -2.36. The molecule has 19 heavy (non-hydrogen) atoms. The second-order valence-corrected chi connectivity index (χ2v) is 7.06. The second kappa shape index (κ2) is 5.75. The molecular formula is C14H22BrN3O. The fraction of sp³-hybridized carbons (Fsp3) is 0.714. The maximum Gasteiger partial charge on any atom is 0.137 e. The van der Waals surface area contributed by atoms with Gasteiger partial charge in [0.05, 0.1) is 12.1 Å². The molecule has 0 aliphatic heterocycles. The van der Waals surface area contributed by atoms with Gasteiger partial charge < -0.3 is 10.4 Å². The van der Waals surface area contributed by atoms with E-state index in [4.69, 9.17) is 0 Å². The lowest BCUT2D eigenvalue weighted by Gasteiger charge is -2.29. The normalized spacial score (nSPS) is 24.3. The molecule has 0 saturated heterocycles. The number of hydrogen-bond acceptors (Lipinski definition) is 4. The lowest BCUT2D eigenvalue weighted by atomic mass is 9.92. The number of aliphatic hydroxyl groups excluding tert-OH is 1. The predicted molar refractivity (Wildman–Crippen MR) is 80.3 cm³/mol. The number of aromatic nitrogens is 2. The van der Waals surface area contributed by atoms with Crippen LogP contribution in [0.2, 0.25) is 0 Å². The summed E-state index contributed by atoms with van der Waals surface area (Å²) in [4.78, 5) is 8.99. The molecule has 4 nitrogen and oxygen atoms in total. The smallest absolute Gasteiger partial charge is 0.137 e. The molecule has 2 N–H and O–H groups in total. The standard InChI is InChI=1S/C14H22BrN3O/c1-14(2,3)13-17-11(15)8-12(18-13)16-9-6-4-5-7-10(9)19/h8-10,19H,4-7H2,1-3H3,(H,16,17,18). The van der Waals surface area contributed by atoms with Crippen LogP contribution in [-0.2, 0) is 5.41 Å². The molecule has 0 radical (unpaired) electrons. The summed E-state index contributed by atoms with van der Waals surface area (Å²) >= 11 is 3.43. The second-order valence-electron chi connectivity index (χ2n) is 6.25. The van der Waals surface area contributed by atoms with Gasteiger partial charge in [0.2, 0.25) is 0 Å². The zero-order chi connectivity index (χ0) is 14.0. The van der Waals surface area contributed by atoms with Crippen molar-refractivity contribution < 1.29 is 5.11 Å². The number of nitrogens with zero attached hydrogens (tertiary/aromatic N) is 2. The third-order valence-electron chi connectivity index (χ3n) is 3.43. The minimum Gasteiger partial charge on any atom is -0.391 e. The first kappa shape index (κ1) is 14.7. The van der Waals surface area contributed by atoms with Crippen LogP contribution >= 0.6 is 15.9 Å². The third kappa shape index (κ3) is 3.89. The van der Waals surface area contributed by atoms with Gasteiger partial charge in [-0.3, -0.25) is 0 Å². The maximum atomic E-state index is 10.0. The number of halogens is 1. The van der Waals surface area contributed by atoms with Gasteiger partial charge in [0, 0.05) is 11.5 Å². The number of anilines is 1. The van der Waals surface area contributed by atoms with E-state index in [0.717, 1.165) is 41.9 Å². The van der Waals surface area contributed by atoms with Gasteiger partial charge in [0.25, 0.3) is 0 Å². The maximum absolute atomic E-state index is 10.0. The summed E-state index contributed by atoms with van der Waals surface area (Å²) in [7, 11) is 0. The zero-order valence-corrected chi connectivity index (χ0v) is 13.4. The van der Waals surface area contributed by atoms with Gasteiger partial charge >= 0.3 is 0 Å². The molecule has 1 saturated carbocycles. The molecule has 0 amide bonds. The number of nitrogens with one attached hydrogen (secondary N) is 1. The van der Waals surface area contributed by atoms with Crippen LogP contribution in [-0.4, -0.2) is 27.2 Å². The molecule has 1 aromatic heterocycles. The summed E-state index contributed by atoms with van der Waals surface area (Å²) in [5.74, 6) is 1.59. The van der Waals surface area contributed by atoms with Gasteiger partial charge in [-0.2, -0.15) is 0 Å². The average Bonchev–Trinajstić information content (AvgIpc) is 2.30. The molecule has 1 aliphatic rings. The van der Waals surface area contributed by atoms with Crippen molar-refractivity contribution in [2.75, 3.05) is 5.32 Å². The highest BCUT2D eigenvalue weighted by Crippen LogP contribution is 2.25. The van der Waals surface area contributed by atoms with E-state index in [1.54, 1.807) is 0 Å². The minimum atomic E-state index is -0.277. The van der Waals surface area contributed by atoms with Crippen molar-refractivity contribution in [3.63, 3.8) is 0 Å². The highest BCUT2D eigenvalue weighted by Gasteiger charge is 2.24. The summed E-state index contributed by atoms with van der Waals surface area (Å²) in [5.41, 5.74) is -0.0919. The van der Waals surface area contributed by atoms with Crippen LogP contribution in [0, 0.1) is 0 Å². The van der Waals surface area contributed by atoms with E-state index in [0.29, 0.717) is 0 Å². The van der Waals surface area contributed by atoms with Crippen molar-refractivity contribution in [1.29, 1.82) is 0 Å². The molecule has 2 unspecified atom stereocenters. The van der Waals surface area contributed by atoms with Crippen molar-refractivity contribution in [1.82, 2.24) is 9.97 Å². The molecular weight excluding hydrogens is 306 g/mol. The average molecular weight is 328 g/mol. The van der Waals surface area contributed by atoms with Gasteiger partial charge in [0.15, 0.2) is 0 Å². The van der Waals surface area contributed by atoms with E-state index in [9.17, 15) is 5.11 Å². The Kier molecular flexibility index (Phi) is 4.46. The Morgan fingerprint density at radius 2 is 1.95 bits per heavy atom. The molecule has 0 bridgehead atoms. The van der Waals surface area contributed by atoms with Crippen molar-refractivity contribution >= 4 is 21.7 Å². The largest absolute Gasteiger partial charge is 0.391 e. The highest BCUT2D eigenvalue weighted by molar-refractivity contribution is 9.10. The van der Waals surface area contributed by atoms with Crippen LogP contribution in [0.5, 0.6) is 0 Å². The molecule has 2 rings (SSSR count). The SMILES string of the molecule is CC(C)(C)c1nc(Br)cc(NC2CCCCC2O)n1. The third-order valence-corrected chi connectivity index (χ3v) is 3.83. The van der Waals surface area contributed by atoms with E-state index in [-0.39, 0.29) is 17.6 Å². The van der Waals surface area contributed by atoms with Crippen molar-refractivity contribution in [2.45, 2.75) is 64.0 Å². The summed E-state index contributed by atoms with van der Waals surface area (Å²) in [5, 5.41) is 13.4. The van der Waals surface area contributed by atoms with Crippen LogP contribution in [0.15, 0.2) is 10.7 Å². The van der Waals surface area contributed by atoms with Gasteiger partial charge in [-0.25, -0.2) is 9.97 Å². The molecule has 0 spiro atoms. The molecule has 1 aromatic rings.